The molecule has 1 aliphatic carbocycles. The summed E-state index contributed by atoms with van der Waals surface area (Å²) >= 11 is 0. The summed E-state index contributed by atoms with van der Waals surface area (Å²) in [7, 11) is 0. The Hall–Kier alpha value is -1.36. The average molecular weight is 332 g/mol. The molecule has 0 aromatic carbocycles. The van der Waals surface area contributed by atoms with Gasteiger partial charge in [-0.05, 0) is 57.9 Å². The lowest BCUT2D eigenvalue weighted by atomic mass is 9.90. The Balaban J connectivity index is 1.80. The van der Waals surface area contributed by atoms with Gasteiger partial charge in [0.05, 0.1) is 0 Å². The number of rotatable bonds is 5. The molecule has 2 heterocycles. The van der Waals surface area contributed by atoms with Crippen molar-refractivity contribution < 1.29 is 4.79 Å². The molecule has 5 nitrogen and oxygen atoms in total. The van der Waals surface area contributed by atoms with Crippen molar-refractivity contribution in [1.82, 2.24) is 20.0 Å². The molecule has 24 heavy (non-hydrogen) atoms. The summed E-state index contributed by atoms with van der Waals surface area (Å²) in [5, 5.41) is 8.39. The third-order valence-electron chi connectivity index (χ3n) is 5.31. The summed E-state index contributed by atoms with van der Waals surface area (Å²) in [6, 6.07) is 0.474. The van der Waals surface area contributed by atoms with Crippen LogP contribution in [0.15, 0.2) is 0 Å². The molecule has 1 atom stereocenters. The Bertz CT molecular complexity index is 572. The molecular formula is C19H32N4O. The Labute approximate surface area is 145 Å². The van der Waals surface area contributed by atoms with Crippen molar-refractivity contribution >= 4 is 5.91 Å². The predicted octanol–water partition coefficient (Wildman–Crippen LogP) is 2.63. The first kappa shape index (κ1) is 17.5. The first-order chi connectivity index (χ1) is 11.6. The summed E-state index contributed by atoms with van der Waals surface area (Å²) in [5.41, 5.74) is 3.23. The molecule has 3 rings (SSSR count). The van der Waals surface area contributed by atoms with E-state index < -0.39 is 0 Å². The van der Waals surface area contributed by atoms with Crippen LogP contribution in [-0.4, -0.2) is 46.3 Å². The first-order valence-corrected chi connectivity index (χ1v) is 9.71. The second-order valence-electron chi connectivity index (χ2n) is 7.68. The second kappa shape index (κ2) is 7.68. The van der Waals surface area contributed by atoms with Crippen LogP contribution in [0.2, 0.25) is 0 Å². The minimum Gasteiger partial charge on any atom is -0.337 e. The highest BCUT2D eigenvalue weighted by atomic mass is 16.2. The Morgan fingerprint density at radius 3 is 2.71 bits per heavy atom. The molecule has 2 aliphatic rings. The van der Waals surface area contributed by atoms with E-state index in [0.29, 0.717) is 12.0 Å². The fourth-order valence-corrected chi connectivity index (χ4v) is 3.94. The third-order valence-corrected chi connectivity index (χ3v) is 5.31. The maximum Gasteiger partial charge on any atom is 0.274 e. The van der Waals surface area contributed by atoms with Crippen molar-refractivity contribution in [1.29, 1.82) is 0 Å². The number of aryl methyl sites for hydroxylation is 1. The monoisotopic (exact) mass is 332 g/mol. The number of hydrogen-bond donors (Lipinski definition) is 1. The quantitative estimate of drug-likeness (QED) is 0.902. The Morgan fingerprint density at radius 2 is 2.04 bits per heavy atom. The highest BCUT2D eigenvalue weighted by Crippen LogP contribution is 2.26. The van der Waals surface area contributed by atoms with E-state index in [1.165, 1.54) is 17.7 Å². The molecule has 1 N–H and O–H groups in total. The summed E-state index contributed by atoms with van der Waals surface area (Å²) in [5.74, 6) is 0.807. The van der Waals surface area contributed by atoms with Gasteiger partial charge in [0.25, 0.3) is 5.91 Å². The van der Waals surface area contributed by atoms with Crippen molar-refractivity contribution in [3.05, 3.63) is 17.0 Å². The molecule has 0 radical (unpaired) electrons. The number of fused-ring (bicyclic) bond motifs is 1. The largest absolute Gasteiger partial charge is 0.337 e. The van der Waals surface area contributed by atoms with Crippen molar-refractivity contribution in [3.8, 4) is 0 Å². The number of piperidine rings is 1. The third kappa shape index (κ3) is 3.66. The lowest BCUT2D eigenvalue weighted by Gasteiger charge is -2.28. The van der Waals surface area contributed by atoms with E-state index in [2.05, 4.69) is 30.8 Å². The molecule has 0 spiro atoms. The minimum absolute atomic E-state index is 0.155. The van der Waals surface area contributed by atoms with Gasteiger partial charge in [0.1, 0.15) is 0 Å². The normalized spacial score (nSPS) is 21.2. The number of hydrogen-bond acceptors (Lipinski definition) is 3. The van der Waals surface area contributed by atoms with Crippen LogP contribution in [0.4, 0.5) is 0 Å². The van der Waals surface area contributed by atoms with E-state index in [-0.39, 0.29) is 5.91 Å². The molecule has 1 unspecified atom stereocenters. The predicted molar refractivity (Wildman–Crippen MR) is 96.3 cm³/mol. The molecule has 5 heteroatoms. The van der Waals surface area contributed by atoms with Crippen LogP contribution in [0.5, 0.6) is 0 Å². The second-order valence-corrected chi connectivity index (χ2v) is 7.68. The molecule has 1 aromatic heterocycles. The van der Waals surface area contributed by atoms with Crippen LogP contribution >= 0.6 is 0 Å². The number of likely N-dealkylation sites (tertiary alicyclic amines) is 1. The van der Waals surface area contributed by atoms with Gasteiger partial charge in [0.2, 0.25) is 0 Å². The molecule has 1 fully saturated rings. The highest BCUT2D eigenvalue weighted by Gasteiger charge is 2.31. The summed E-state index contributed by atoms with van der Waals surface area (Å²) in [4.78, 5) is 15.0. The van der Waals surface area contributed by atoms with Gasteiger partial charge in [-0.1, -0.05) is 13.8 Å². The Morgan fingerprint density at radius 1 is 1.29 bits per heavy atom. The maximum absolute atomic E-state index is 13.0. The van der Waals surface area contributed by atoms with Crippen LogP contribution in [-0.2, 0) is 19.4 Å². The van der Waals surface area contributed by atoms with E-state index in [1.54, 1.807) is 0 Å². The molecular weight excluding hydrogens is 300 g/mol. The van der Waals surface area contributed by atoms with Gasteiger partial charge in [0.15, 0.2) is 5.69 Å². The zero-order valence-corrected chi connectivity index (χ0v) is 15.5. The number of nitrogens with zero attached hydrogens (tertiary/aromatic N) is 3. The zero-order chi connectivity index (χ0) is 17.1. The molecule has 0 bridgehead atoms. The van der Waals surface area contributed by atoms with Crippen LogP contribution in [0.25, 0.3) is 0 Å². The highest BCUT2D eigenvalue weighted by molar-refractivity contribution is 5.94. The molecule has 0 saturated carbocycles. The Kier molecular flexibility index (Phi) is 5.59. The van der Waals surface area contributed by atoms with Gasteiger partial charge < -0.3 is 10.2 Å². The van der Waals surface area contributed by atoms with Crippen LogP contribution < -0.4 is 5.32 Å². The standard InChI is InChI=1S/C19H32N4O/c1-4-23-17-9-8-15(20-13-14(2)3)12-16(17)18(21-23)19(24)22-10-6-5-7-11-22/h14-15,20H,4-13H2,1-3H3. The van der Waals surface area contributed by atoms with E-state index in [9.17, 15) is 4.79 Å². The van der Waals surface area contributed by atoms with Gasteiger partial charge in [0, 0.05) is 36.9 Å². The van der Waals surface area contributed by atoms with E-state index in [4.69, 9.17) is 5.10 Å². The molecule has 134 valence electrons. The fourth-order valence-electron chi connectivity index (χ4n) is 3.94. The van der Waals surface area contributed by atoms with Crippen LogP contribution in [0, 0.1) is 5.92 Å². The van der Waals surface area contributed by atoms with E-state index in [1.807, 2.05) is 4.90 Å². The maximum atomic E-state index is 13.0. The van der Waals surface area contributed by atoms with E-state index >= 15 is 0 Å². The number of aromatic nitrogens is 2. The molecule has 1 aliphatic heterocycles. The SMILES string of the molecule is CCn1nc(C(=O)N2CCCCC2)c2c1CCC(NCC(C)C)C2. The number of carbonyl (C=O) groups excluding carboxylic acids is 1. The first-order valence-electron chi connectivity index (χ1n) is 9.71. The fraction of sp³-hybridized carbons (Fsp3) is 0.789. The molecule has 1 saturated heterocycles. The lowest BCUT2D eigenvalue weighted by Crippen LogP contribution is -2.39. The zero-order valence-electron chi connectivity index (χ0n) is 15.5. The minimum atomic E-state index is 0.155. The van der Waals surface area contributed by atoms with Crippen molar-refractivity contribution in [2.75, 3.05) is 19.6 Å². The van der Waals surface area contributed by atoms with Crippen LogP contribution in [0.1, 0.15) is 68.2 Å². The van der Waals surface area contributed by atoms with Gasteiger partial charge >= 0.3 is 0 Å². The van der Waals surface area contributed by atoms with Crippen molar-refractivity contribution in [3.63, 3.8) is 0 Å². The molecule has 1 amide bonds. The van der Waals surface area contributed by atoms with Gasteiger partial charge in [-0.25, -0.2) is 0 Å². The van der Waals surface area contributed by atoms with Gasteiger partial charge in [-0.3, -0.25) is 9.48 Å². The number of nitrogens with one attached hydrogen (secondary N) is 1. The average Bonchev–Trinajstić information content (AvgIpc) is 2.98. The lowest BCUT2D eigenvalue weighted by molar-refractivity contribution is 0.0716. The summed E-state index contributed by atoms with van der Waals surface area (Å²) < 4.78 is 2.06. The topological polar surface area (TPSA) is 50.2 Å². The smallest absolute Gasteiger partial charge is 0.274 e. The van der Waals surface area contributed by atoms with Gasteiger partial charge in [-0.15, -0.1) is 0 Å². The van der Waals surface area contributed by atoms with E-state index in [0.717, 1.165) is 64.0 Å². The summed E-state index contributed by atoms with van der Waals surface area (Å²) in [6.45, 7) is 10.3. The van der Waals surface area contributed by atoms with Crippen LogP contribution in [0.3, 0.4) is 0 Å². The number of carbonyl (C=O) groups is 1. The van der Waals surface area contributed by atoms with Crippen molar-refractivity contribution in [2.45, 2.75) is 71.9 Å². The van der Waals surface area contributed by atoms with Crippen molar-refractivity contribution in [2.24, 2.45) is 5.92 Å². The number of amides is 1. The van der Waals surface area contributed by atoms with Gasteiger partial charge in [-0.2, -0.15) is 5.10 Å². The summed E-state index contributed by atoms with van der Waals surface area (Å²) in [6.07, 6.45) is 6.60. The molecule has 1 aromatic rings.